The molecule has 0 saturated heterocycles. The van der Waals surface area contributed by atoms with Gasteiger partial charge in [-0.25, -0.2) is 0 Å². The highest BCUT2D eigenvalue weighted by atomic mass is 15.1. The summed E-state index contributed by atoms with van der Waals surface area (Å²) in [5, 5.41) is 3.23. The molecule has 0 aromatic carbocycles. The molecule has 90 valence electrons. The van der Waals surface area contributed by atoms with Crippen molar-refractivity contribution in [3.8, 4) is 0 Å². The van der Waals surface area contributed by atoms with Crippen molar-refractivity contribution in [2.24, 2.45) is 5.92 Å². The van der Waals surface area contributed by atoms with Crippen molar-refractivity contribution in [3.63, 3.8) is 0 Å². The summed E-state index contributed by atoms with van der Waals surface area (Å²) in [6.45, 7) is 6.57. The zero-order valence-electron chi connectivity index (χ0n) is 10.8. The molecular weight excluding hydrogens is 198 g/mol. The van der Waals surface area contributed by atoms with Crippen LogP contribution in [0, 0.1) is 5.92 Å². The molecular formula is C13H23N3. The first-order valence-corrected chi connectivity index (χ1v) is 5.89. The van der Waals surface area contributed by atoms with E-state index in [1.54, 1.807) is 0 Å². The minimum absolute atomic E-state index is 0.563. The molecule has 3 heteroatoms. The van der Waals surface area contributed by atoms with E-state index in [9.17, 15) is 0 Å². The molecule has 2 atom stereocenters. The van der Waals surface area contributed by atoms with Crippen molar-refractivity contribution in [2.45, 2.75) is 26.4 Å². The number of pyridine rings is 1. The molecule has 0 bridgehead atoms. The number of hydrogen-bond donors (Lipinski definition) is 1. The number of hydrogen-bond acceptors (Lipinski definition) is 3. The first-order chi connectivity index (χ1) is 7.65. The van der Waals surface area contributed by atoms with E-state index in [0.29, 0.717) is 12.0 Å². The smallest absolute Gasteiger partial charge is 0.0312 e. The lowest BCUT2D eigenvalue weighted by Gasteiger charge is -2.29. The number of nitrogens with one attached hydrogen (secondary N) is 1. The minimum Gasteiger partial charge on any atom is -0.319 e. The van der Waals surface area contributed by atoms with Crippen molar-refractivity contribution in [3.05, 3.63) is 30.1 Å². The van der Waals surface area contributed by atoms with Gasteiger partial charge in [-0.2, -0.15) is 0 Å². The predicted octanol–water partition coefficient (Wildman–Crippen LogP) is 1.76. The lowest BCUT2D eigenvalue weighted by Crippen LogP contribution is -2.37. The Labute approximate surface area is 98.9 Å². The van der Waals surface area contributed by atoms with Gasteiger partial charge >= 0.3 is 0 Å². The van der Waals surface area contributed by atoms with Crippen LogP contribution in [-0.2, 0) is 6.54 Å². The third-order valence-electron chi connectivity index (χ3n) is 3.20. The molecule has 0 amide bonds. The fourth-order valence-electron chi connectivity index (χ4n) is 1.85. The highest BCUT2D eigenvalue weighted by Gasteiger charge is 2.16. The summed E-state index contributed by atoms with van der Waals surface area (Å²) in [7, 11) is 4.17. The first kappa shape index (κ1) is 13.1. The zero-order valence-corrected chi connectivity index (χ0v) is 10.8. The average molecular weight is 221 g/mol. The molecule has 16 heavy (non-hydrogen) atoms. The van der Waals surface area contributed by atoms with Crippen molar-refractivity contribution < 1.29 is 0 Å². The van der Waals surface area contributed by atoms with Gasteiger partial charge in [0, 0.05) is 25.0 Å². The van der Waals surface area contributed by atoms with Crippen LogP contribution >= 0.6 is 0 Å². The van der Waals surface area contributed by atoms with Crippen LogP contribution in [0.2, 0.25) is 0 Å². The minimum atomic E-state index is 0.563. The molecule has 0 aliphatic carbocycles. The van der Waals surface area contributed by atoms with Crippen LogP contribution in [0.3, 0.4) is 0 Å². The maximum absolute atomic E-state index is 4.14. The quantitative estimate of drug-likeness (QED) is 0.793. The van der Waals surface area contributed by atoms with Gasteiger partial charge in [0.25, 0.3) is 0 Å². The van der Waals surface area contributed by atoms with Crippen molar-refractivity contribution in [1.82, 2.24) is 15.2 Å². The SMILES string of the molecule is CNCC(C)C(C)N(C)Cc1cccnc1. The van der Waals surface area contributed by atoms with Gasteiger partial charge in [-0.15, -0.1) is 0 Å². The van der Waals surface area contributed by atoms with Crippen LogP contribution in [0.5, 0.6) is 0 Å². The third kappa shape index (κ3) is 3.91. The van der Waals surface area contributed by atoms with Gasteiger partial charge in [-0.05, 0) is 45.1 Å². The summed E-state index contributed by atoms with van der Waals surface area (Å²) in [5.74, 6) is 0.645. The Morgan fingerprint density at radius 1 is 1.44 bits per heavy atom. The maximum Gasteiger partial charge on any atom is 0.0312 e. The second-order valence-electron chi connectivity index (χ2n) is 4.55. The van der Waals surface area contributed by atoms with Gasteiger partial charge in [0.1, 0.15) is 0 Å². The van der Waals surface area contributed by atoms with E-state index in [1.807, 2.05) is 25.5 Å². The zero-order chi connectivity index (χ0) is 12.0. The van der Waals surface area contributed by atoms with Crippen LogP contribution in [0.15, 0.2) is 24.5 Å². The average Bonchev–Trinajstić information content (AvgIpc) is 2.29. The Morgan fingerprint density at radius 3 is 2.75 bits per heavy atom. The van der Waals surface area contributed by atoms with Gasteiger partial charge in [-0.3, -0.25) is 9.88 Å². The normalized spacial score (nSPS) is 15.1. The fourth-order valence-corrected chi connectivity index (χ4v) is 1.85. The van der Waals surface area contributed by atoms with E-state index in [4.69, 9.17) is 0 Å². The molecule has 1 heterocycles. The van der Waals surface area contributed by atoms with E-state index in [2.05, 4.69) is 42.2 Å². The van der Waals surface area contributed by atoms with Gasteiger partial charge in [0.2, 0.25) is 0 Å². The maximum atomic E-state index is 4.14. The standard InChI is InChI=1S/C13H23N3/c1-11(8-14-3)12(2)16(4)10-13-6-5-7-15-9-13/h5-7,9,11-12,14H,8,10H2,1-4H3. The molecule has 0 spiro atoms. The number of aromatic nitrogens is 1. The second-order valence-corrected chi connectivity index (χ2v) is 4.55. The van der Waals surface area contributed by atoms with E-state index in [0.717, 1.165) is 13.1 Å². The molecule has 0 aliphatic heterocycles. The summed E-state index contributed by atoms with van der Waals surface area (Å²) in [4.78, 5) is 6.51. The molecule has 2 unspecified atom stereocenters. The molecule has 0 aliphatic rings. The van der Waals surface area contributed by atoms with Crippen LogP contribution in [0.25, 0.3) is 0 Å². The van der Waals surface area contributed by atoms with Gasteiger partial charge in [-0.1, -0.05) is 13.0 Å². The largest absolute Gasteiger partial charge is 0.319 e. The van der Waals surface area contributed by atoms with Gasteiger partial charge in [0.05, 0.1) is 0 Å². The third-order valence-corrected chi connectivity index (χ3v) is 3.20. The molecule has 0 fully saturated rings. The van der Waals surface area contributed by atoms with Crippen LogP contribution in [-0.4, -0.2) is 36.6 Å². The highest BCUT2D eigenvalue weighted by Crippen LogP contribution is 2.11. The van der Waals surface area contributed by atoms with Crippen LogP contribution in [0.1, 0.15) is 19.4 Å². The topological polar surface area (TPSA) is 28.2 Å². The van der Waals surface area contributed by atoms with Gasteiger partial charge in [0.15, 0.2) is 0 Å². The Bertz CT molecular complexity index is 286. The second kappa shape index (κ2) is 6.61. The Morgan fingerprint density at radius 2 is 2.19 bits per heavy atom. The Balaban J connectivity index is 2.48. The summed E-state index contributed by atoms with van der Waals surface area (Å²) < 4.78 is 0. The monoisotopic (exact) mass is 221 g/mol. The van der Waals surface area contributed by atoms with E-state index < -0.39 is 0 Å². The summed E-state index contributed by atoms with van der Waals surface area (Å²) in [5.41, 5.74) is 1.27. The fraction of sp³-hybridized carbons (Fsp3) is 0.615. The van der Waals surface area contributed by atoms with Crippen molar-refractivity contribution in [2.75, 3.05) is 20.6 Å². The predicted molar refractivity (Wildman–Crippen MR) is 68.3 cm³/mol. The highest BCUT2D eigenvalue weighted by molar-refractivity contribution is 5.08. The lowest BCUT2D eigenvalue weighted by molar-refractivity contribution is 0.190. The molecule has 1 aromatic heterocycles. The summed E-state index contributed by atoms with van der Waals surface area (Å²) in [6, 6.07) is 4.68. The number of nitrogens with zero attached hydrogens (tertiary/aromatic N) is 2. The van der Waals surface area contributed by atoms with Gasteiger partial charge < -0.3 is 5.32 Å². The van der Waals surface area contributed by atoms with E-state index >= 15 is 0 Å². The molecule has 0 radical (unpaired) electrons. The van der Waals surface area contributed by atoms with Crippen LogP contribution in [0.4, 0.5) is 0 Å². The van der Waals surface area contributed by atoms with Crippen molar-refractivity contribution >= 4 is 0 Å². The molecule has 1 aromatic rings. The molecule has 1 rings (SSSR count). The van der Waals surface area contributed by atoms with Crippen molar-refractivity contribution in [1.29, 1.82) is 0 Å². The Kier molecular flexibility index (Phi) is 5.43. The number of rotatable bonds is 6. The summed E-state index contributed by atoms with van der Waals surface area (Å²) in [6.07, 6.45) is 3.75. The molecule has 3 nitrogen and oxygen atoms in total. The van der Waals surface area contributed by atoms with E-state index in [1.165, 1.54) is 5.56 Å². The Hall–Kier alpha value is -0.930. The van der Waals surface area contributed by atoms with Crippen LogP contribution < -0.4 is 5.32 Å². The molecule has 0 saturated carbocycles. The summed E-state index contributed by atoms with van der Waals surface area (Å²) >= 11 is 0. The first-order valence-electron chi connectivity index (χ1n) is 5.89. The lowest BCUT2D eigenvalue weighted by atomic mass is 10.0. The van der Waals surface area contributed by atoms with E-state index in [-0.39, 0.29) is 0 Å². The molecule has 1 N–H and O–H groups in total.